The smallest absolute Gasteiger partial charge is 0.549 e. The number of phenolic OH excluding ortho intramolecular Hbond substituents is 1. The normalized spacial score (nSPS) is 21.1. The van der Waals surface area contributed by atoms with E-state index in [9.17, 15) is 83.1 Å². The van der Waals surface area contributed by atoms with Crippen LogP contribution in [-0.2, 0) is 92.8 Å². The third-order valence-electron chi connectivity index (χ3n) is 18.7. The molecule has 0 bridgehead atoms. The Morgan fingerprint density at radius 1 is 0.534 bits per heavy atom. The average Bonchev–Trinajstić information content (AvgIpc) is 0.782. The van der Waals surface area contributed by atoms with Crippen LogP contribution in [0.1, 0.15) is 54.9 Å². The van der Waals surface area contributed by atoms with Crippen LogP contribution in [0.5, 0.6) is 5.75 Å². The van der Waals surface area contributed by atoms with Crippen LogP contribution < -0.4 is 96.3 Å². The number of aliphatic hydroxyl groups excluding tert-OH is 1. The molecule has 0 unspecified atom stereocenters. The number of carbonyl (C=O) groups is 16. The van der Waals surface area contributed by atoms with E-state index in [0.717, 1.165) is 28.5 Å². The number of rotatable bonds is 30. The van der Waals surface area contributed by atoms with Gasteiger partial charge in [-0.1, -0.05) is 81.7 Å². The molecule has 7 rings (SSSR count). The summed E-state index contributed by atoms with van der Waals surface area (Å²) in [7, 11) is 1.61. The van der Waals surface area contributed by atoms with E-state index < -0.39 is 212 Å². The van der Waals surface area contributed by atoms with E-state index in [4.69, 9.17) is 28.8 Å². The van der Waals surface area contributed by atoms with E-state index in [0.29, 0.717) is 23.1 Å². The number of nitrogens with one attached hydrogen (secondary N) is 12. The zero-order chi connectivity index (χ0) is 85.4. The molecule has 0 aromatic heterocycles. The van der Waals surface area contributed by atoms with E-state index in [2.05, 4.69) is 58.5 Å². The number of benzene rings is 4. The fraction of sp³-hybridized carbons (Fsp3) is 0.459. The maximum atomic E-state index is 15.6. The number of carboxylic acids is 3. The number of amides is 15. The van der Waals surface area contributed by atoms with E-state index in [1.54, 1.807) is 17.0 Å². The van der Waals surface area contributed by atoms with Gasteiger partial charge in [-0.2, -0.15) is 0 Å². The van der Waals surface area contributed by atoms with Crippen molar-refractivity contribution in [3.8, 4) is 5.75 Å². The van der Waals surface area contributed by atoms with Gasteiger partial charge in [0.25, 0.3) is 0 Å². The molecular formula is C74H95ClGaN19O21S2. The number of phenols is 1. The molecule has 20 N–H and O–H groups in total. The Balaban J connectivity index is 0.0000216. The van der Waals surface area contributed by atoms with E-state index in [1.165, 1.54) is 99.6 Å². The van der Waals surface area contributed by atoms with Crippen LogP contribution in [-0.4, -0.2) is 302 Å². The number of aliphatic hydroxyl groups is 1. The summed E-state index contributed by atoms with van der Waals surface area (Å²) in [4.78, 5) is 225. The van der Waals surface area contributed by atoms with E-state index >= 15 is 19.2 Å². The summed E-state index contributed by atoms with van der Waals surface area (Å²) in [6.07, 6.45) is -3.23. The zero-order valence-electron chi connectivity index (χ0n) is 64.2. The summed E-state index contributed by atoms with van der Waals surface area (Å²) in [5.41, 5.74) is 18.8. The van der Waals surface area contributed by atoms with Crippen molar-refractivity contribution in [1.82, 2.24) is 72.8 Å². The molecule has 3 saturated heterocycles. The third-order valence-corrected chi connectivity index (χ3v) is 21.4. The van der Waals surface area contributed by atoms with Crippen molar-refractivity contribution in [2.24, 2.45) is 17.2 Å². The molecule has 44 heteroatoms. The molecule has 4 aromatic carbocycles. The Morgan fingerprint density at radius 2 is 0.992 bits per heavy atom. The first kappa shape index (κ1) is 96.2. The summed E-state index contributed by atoms with van der Waals surface area (Å²) in [6, 6.07) is 6.49. The predicted molar refractivity (Wildman–Crippen MR) is 425 cm³/mol. The second-order valence-corrected chi connectivity index (χ2v) is 30.9. The molecule has 3 fully saturated rings. The van der Waals surface area contributed by atoms with Gasteiger partial charge in [-0.15, -0.1) is 0 Å². The average molecular weight is 1760 g/mol. The van der Waals surface area contributed by atoms with Gasteiger partial charge in [0.15, 0.2) is 0 Å². The molecule has 3 aliphatic rings. The number of imide groups is 1. The fourth-order valence-corrected chi connectivity index (χ4v) is 14.9. The van der Waals surface area contributed by atoms with Gasteiger partial charge in [0.1, 0.15) is 60.1 Å². The fourth-order valence-electron chi connectivity index (χ4n) is 12.5. The van der Waals surface area contributed by atoms with Crippen LogP contribution in [0.2, 0.25) is 5.02 Å². The number of nitrogens with two attached hydrogens (primary N) is 3. The zero-order valence-corrected chi connectivity index (χ0v) is 69.0. The maximum absolute atomic E-state index is 15.6. The van der Waals surface area contributed by atoms with Gasteiger partial charge in [-0.05, 0) is 104 Å². The van der Waals surface area contributed by atoms with Crippen LogP contribution >= 0.6 is 33.2 Å². The number of aliphatic carboxylic acids is 3. The second-order valence-electron chi connectivity index (χ2n) is 28.0. The summed E-state index contributed by atoms with van der Waals surface area (Å²) >= 11 is 6.31. The third kappa shape index (κ3) is 33.4. The Kier molecular flexibility index (Phi) is 39.4. The minimum atomic E-state index is -1.90. The Labute approximate surface area is 703 Å². The van der Waals surface area contributed by atoms with Gasteiger partial charge in [0.2, 0.25) is 65.0 Å². The van der Waals surface area contributed by atoms with Crippen molar-refractivity contribution in [2.45, 2.75) is 119 Å². The number of hydrogen-bond acceptors (Lipinski definition) is 28. The molecule has 634 valence electrons. The van der Waals surface area contributed by atoms with Crippen molar-refractivity contribution in [3.63, 3.8) is 0 Å². The number of aromatic hydroxyl groups is 1. The molecule has 0 radical (unpaired) electrons. The molecule has 0 saturated carbocycles. The standard InChI is InChI=1S/C74H98ClN19O21S2.Ga/c1-41(95)63-72(113)87-57(70(111)83-51(64(77)105)30-45-11-19-49(96)20-12-45)40-117-116-39-56(86-67(108)52(31-42-5-13-46(75)14-6-42)81-59(98)35-91-22-24-92(36-60(99)100)26-28-94(38-62(103)104)29-27-93(25-23-91)37-61(101)102)71(112)85-54(33-43-7-15-47(16-8-43)79-66(107)55-34-58(97)89-74(115)88-55)69(110)84-53(32-44-9-17-48(18-10-44)80-73(78)114)68(109)82-50(65(106)90-63)4-2-3-21-76;/h5-20,41,50-57,63,95-96H,2-4,21-40,76H2,1H3,(H2,77,105)(H,79,107)(H,81,98)(H,82,109)(H,83,111)(H,84,110)(H,85,112)(H,86,108)(H,87,113)(H,90,106)(H,99,100)(H,101,102)(H,103,104)(H3,78,80,114)(H2,88,89,97,115);/q;+3/p-3/t41-,50+,51-,52+,53-,54+,55+,56-,57+,63+;/m1./s1. The van der Waals surface area contributed by atoms with Crippen molar-refractivity contribution in [1.29, 1.82) is 0 Å². The van der Waals surface area contributed by atoms with E-state index in [-0.39, 0.29) is 132 Å². The second kappa shape index (κ2) is 48.3. The molecule has 15 amide bonds. The number of urea groups is 2. The number of anilines is 2. The number of halogens is 1. The SMILES string of the molecule is C[C@@H](O)[C@@H]1NC(=O)[C@H](CCCCN)NC(=O)[C@@H](Cc2ccc(NC(N)=O)cc2)NC(=O)[C@H](Cc2ccc(NC(=O)[C@@H]3CC(=O)NC(=O)N3)cc2)NC(=O)[C@H](NC(=O)[C@H](Cc2ccc(Cl)cc2)NC(=O)CN2CCN(CC(=O)[O-])CCN(CC(=O)[O-])CCN(CC(=O)[O-])CC2)CSSC[C@@H](C(=O)N[C@H](Cc2ccc(O)cc2)C(N)=O)NC1=O.[Ga+3]. The molecule has 40 nitrogen and oxygen atoms in total. The van der Waals surface area contributed by atoms with Gasteiger partial charge in [-0.3, -0.25) is 77.7 Å². The number of carbonyl (C=O) groups excluding carboxylic acids is 16. The first-order valence-electron chi connectivity index (χ1n) is 37.2. The number of hydrogen-bond donors (Lipinski definition) is 17. The van der Waals surface area contributed by atoms with Crippen LogP contribution in [0.15, 0.2) is 97.1 Å². The van der Waals surface area contributed by atoms with Crippen LogP contribution in [0.3, 0.4) is 0 Å². The van der Waals surface area contributed by atoms with Crippen molar-refractivity contribution in [3.05, 3.63) is 124 Å². The summed E-state index contributed by atoms with van der Waals surface area (Å²) < 4.78 is 0. The van der Waals surface area contributed by atoms with Crippen molar-refractivity contribution < 1.29 is 102 Å². The quantitative estimate of drug-likeness (QED) is 0.0131. The van der Waals surface area contributed by atoms with Gasteiger partial charge >= 0.3 is 31.9 Å². The summed E-state index contributed by atoms with van der Waals surface area (Å²) in [5, 5.41) is 87.7. The van der Waals surface area contributed by atoms with Gasteiger partial charge < -0.3 is 116 Å². The molecule has 118 heavy (non-hydrogen) atoms. The Hall–Kier alpha value is -10.6. The maximum Gasteiger partial charge on any atom is 3.00 e. The largest absolute Gasteiger partial charge is 3.00 e. The number of carboxylic acid groups (broad SMARTS) is 3. The summed E-state index contributed by atoms with van der Waals surface area (Å²) in [6.45, 7) is -1.35. The first-order valence-corrected chi connectivity index (χ1v) is 40.0. The molecule has 3 aliphatic heterocycles. The van der Waals surface area contributed by atoms with Crippen molar-refractivity contribution >= 4 is 159 Å². The molecule has 3 heterocycles. The van der Waals surface area contributed by atoms with Gasteiger partial charge in [-0.25, -0.2) is 9.59 Å². The molecule has 0 aliphatic carbocycles. The van der Waals surface area contributed by atoms with Crippen LogP contribution in [0, 0.1) is 0 Å². The topological polar surface area (TPSA) is 618 Å². The molecule has 10 atom stereocenters. The Bertz CT molecular complexity index is 4140. The van der Waals surface area contributed by atoms with Gasteiger partial charge in [0.05, 0.1) is 37.0 Å². The first-order chi connectivity index (χ1) is 55.6. The molecule has 4 aromatic rings. The molecule has 0 spiro atoms. The summed E-state index contributed by atoms with van der Waals surface area (Å²) in [5.74, 6) is -16.4. The number of unbranched alkanes of at least 4 members (excludes halogenated alkanes) is 1. The number of nitrogens with zero attached hydrogens (tertiary/aromatic N) is 4. The monoisotopic (exact) mass is 1750 g/mol. The number of primary amides is 2. The molecular weight excluding hydrogens is 1660 g/mol. The minimum absolute atomic E-state index is 0. The van der Waals surface area contributed by atoms with Gasteiger partial charge in [0, 0.05) is 126 Å². The van der Waals surface area contributed by atoms with Crippen LogP contribution in [0.25, 0.3) is 0 Å². The van der Waals surface area contributed by atoms with Crippen LogP contribution in [0.4, 0.5) is 21.0 Å². The van der Waals surface area contributed by atoms with E-state index in [1.807, 2.05) is 5.32 Å². The predicted octanol–water partition coefficient (Wildman–Crippen LogP) is -8.30. The van der Waals surface area contributed by atoms with Crippen molar-refractivity contribution in [2.75, 3.05) is 107 Å². The minimum Gasteiger partial charge on any atom is -0.549 e. The Morgan fingerprint density at radius 3 is 1.47 bits per heavy atom.